The predicted octanol–water partition coefficient (Wildman–Crippen LogP) is 4.74. The number of rotatable bonds is 1. The first-order chi connectivity index (χ1) is 12.4. The first-order valence-corrected chi connectivity index (χ1v) is 9.50. The monoisotopic (exact) mass is 348 g/mol. The van der Waals surface area contributed by atoms with Crippen molar-refractivity contribution in [2.75, 3.05) is 19.7 Å². The van der Waals surface area contributed by atoms with Gasteiger partial charge in [-0.1, -0.05) is 48.5 Å². The molecule has 0 fully saturated rings. The summed E-state index contributed by atoms with van der Waals surface area (Å²) >= 11 is 1.82. The fraction of sp³-hybridized carbons (Fsp3) is 0.286. The molecule has 2 heterocycles. The van der Waals surface area contributed by atoms with Crippen molar-refractivity contribution >= 4 is 21.4 Å². The zero-order valence-corrected chi connectivity index (χ0v) is 14.8. The predicted molar refractivity (Wildman–Crippen MR) is 102 cm³/mol. The Hall–Kier alpha value is -2.35. The van der Waals surface area contributed by atoms with E-state index in [2.05, 4.69) is 54.7 Å². The van der Waals surface area contributed by atoms with Crippen LogP contribution in [0.1, 0.15) is 28.5 Å². The second-order valence-corrected chi connectivity index (χ2v) is 7.38. The van der Waals surface area contributed by atoms with Gasteiger partial charge in [-0.05, 0) is 35.4 Å². The van der Waals surface area contributed by atoms with Gasteiger partial charge in [-0.15, -0.1) is 11.3 Å². The molecule has 0 radical (unpaired) electrons. The quantitative estimate of drug-likeness (QED) is 0.596. The molecule has 0 amide bonds. The molecule has 0 bridgehead atoms. The molecule has 1 atom stereocenters. The molecule has 1 aromatic heterocycles. The van der Waals surface area contributed by atoms with Crippen LogP contribution in [0.3, 0.4) is 0 Å². The van der Waals surface area contributed by atoms with Crippen molar-refractivity contribution < 1.29 is 4.74 Å². The van der Waals surface area contributed by atoms with Crippen molar-refractivity contribution in [3.8, 4) is 6.19 Å². The number of benzene rings is 2. The van der Waals surface area contributed by atoms with E-state index in [0.29, 0.717) is 6.61 Å². The van der Waals surface area contributed by atoms with Gasteiger partial charge in [-0.25, -0.2) is 0 Å². The van der Waals surface area contributed by atoms with Crippen molar-refractivity contribution in [1.29, 1.82) is 5.26 Å². The summed E-state index contributed by atoms with van der Waals surface area (Å²) in [6, 6.07) is 19.0. The molecule has 1 aliphatic rings. The molecule has 25 heavy (non-hydrogen) atoms. The lowest BCUT2D eigenvalue weighted by molar-refractivity contribution is 0.0748. The highest BCUT2D eigenvalue weighted by molar-refractivity contribution is 7.19. The first-order valence-electron chi connectivity index (χ1n) is 8.68. The molecule has 0 saturated heterocycles. The van der Waals surface area contributed by atoms with Crippen LogP contribution in [0, 0.1) is 11.5 Å². The summed E-state index contributed by atoms with van der Waals surface area (Å²) in [5.74, 6) is 0. The van der Waals surface area contributed by atoms with Crippen molar-refractivity contribution in [1.82, 2.24) is 4.90 Å². The smallest absolute Gasteiger partial charge is 0.179 e. The van der Waals surface area contributed by atoms with Crippen LogP contribution >= 0.6 is 11.3 Å². The standard InChI is InChI=1S/C21H20N2OS/c22-15-23-12-6-14-24-20(16-7-2-1-3-8-16)21-18(11-13-23)17-9-4-5-10-19(17)25-21/h1-5,7-10,20H,6,11-14H2. The van der Waals surface area contributed by atoms with Gasteiger partial charge in [0.1, 0.15) is 6.10 Å². The van der Waals surface area contributed by atoms with Crippen LogP contribution in [0.2, 0.25) is 0 Å². The van der Waals surface area contributed by atoms with E-state index in [9.17, 15) is 5.26 Å². The molecule has 2 aromatic carbocycles. The molecule has 0 spiro atoms. The maximum atomic E-state index is 9.35. The molecule has 3 nitrogen and oxygen atoms in total. The van der Waals surface area contributed by atoms with Crippen molar-refractivity contribution in [2.45, 2.75) is 18.9 Å². The summed E-state index contributed by atoms with van der Waals surface area (Å²) in [7, 11) is 0. The van der Waals surface area contributed by atoms with Crippen LogP contribution < -0.4 is 0 Å². The van der Waals surface area contributed by atoms with Crippen molar-refractivity contribution in [2.24, 2.45) is 0 Å². The Morgan fingerprint density at radius 1 is 1.04 bits per heavy atom. The van der Waals surface area contributed by atoms with Crippen molar-refractivity contribution in [3.63, 3.8) is 0 Å². The fourth-order valence-corrected chi connectivity index (χ4v) is 4.78. The van der Waals surface area contributed by atoms with Gasteiger partial charge < -0.3 is 9.64 Å². The van der Waals surface area contributed by atoms with E-state index < -0.39 is 0 Å². The Morgan fingerprint density at radius 2 is 1.84 bits per heavy atom. The van der Waals surface area contributed by atoms with E-state index >= 15 is 0 Å². The third-order valence-electron chi connectivity index (χ3n) is 4.70. The third-order valence-corrected chi connectivity index (χ3v) is 5.96. The lowest BCUT2D eigenvalue weighted by Gasteiger charge is -2.23. The van der Waals surface area contributed by atoms with E-state index in [1.165, 1.54) is 26.1 Å². The largest absolute Gasteiger partial charge is 0.368 e. The van der Waals surface area contributed by atoms with Gasteiger partial charge in [-0.2, -0.15) is 5.26 Å². The summed E-state index contributed by atoms with van der Waals surface area (Å²) < 4.78 is 7.62. The summed E-state index contributed by atoms with van der Waals surface area (Å²) in [6.07, 6.45) is 4.04. The third kappa shape index (κ3) is 3.26. The second kappa shape index (κ2) is 7.26. The summed E-state index contributed by atoms with van der Waals surface area (Å²) in [4.78, 5) is 3.13. The maximum Gasteiger partial charge on any atom is 0.179 e. The van der Waals surface area contributed by atoms with E-state index in [-0.39, 0.29) is 6.10 Å². The van der Waals surface area contributed by atoms with Gasteiger partial charge >= 0.3 is 0 Å². The molecular weight excluding hydrogens is 328 g/mol. The van der Waals surface area contributed by atoms with Gasteiger partial charge in [0.05, 0.1) is 0 Å². The average molecular weight is 348 g/mol. The Bertz CT molecular complexity index is 897. The number of thiophene rings is 1. The first kappa shape index (κ1) is 16.1. The number of ether oxygens (including phenoxy) is 1. The summed E-state index contributed by atoms with van der Waals surface area (Å²) in [5.41, 5.74) is 2.53. The summed E-state index contributed by atoms with van der Waals surface area (Å²) in [5, 5.41) is 10.6. The Labute approximate surface area is 152 Å². The molecule has 1 unspecified atom stereocenters. The molecule has 1 aliphatic heterocycles. The minimum Gasteiger partial charge on any atom is -0.368 e. The minimum atomic E-state index is -0.0257. The number of hydrogen-bond donors (Lipinski definition) is 0. The molecule has 3 aromatic rings. The van der Waals surface area contributed by atoms with Gasteiger partial charge in [0, 0.05) is 29.3 Å². The highest BCUT2D eigenvalue weighted by Gasteiger charge is 2.24. The minimum absolute atomic E-state index is 0.0257. The van der Waals surface area contributed by atoms with Crippen LogP contribution in [0.5, 0.6) is 0 Å². The topological polar surface area (TPSA) is 36.3 Å². The van der Waals surface area contributed by atoms with E-state index in [1.807, 2.05) is 22.3 Å². The number of nitriles is 1. The molecule has 4 rings (SSSR count). The molecule has 0 saturated carbocycles. The molecule has 4 heteroatoms. The Morgan fingerprint density at radius 3 is 2.68 bits per heavy atom. The van der Waals surface area contributed by atoms with Crippen LogP contribution in [0.4, 0.5) is 0 Å². The molecule has 126 valence electrons. The normalized spacial score (nSPS) is 18.5. The fourth-order valence-electron chi connectivity index (χ4n) is 3.45. The lowest BCUT2D eigenvalue weighted by atomic mass is 10.00. The van der Waals surface area contributed by atoms with Crippen LogP contribution in [0.15, 0.2) is 54.6 Å². The van der Waals surface area contributed by atoms with E-state index in [1.54, 1.807) is 0 Å². The van der Waals surface area contributed by atoms with Crippen molar-refractivity contribution in [3.05, 3.63) is 70.6 Å². The van der Waals surface area contributed by atoms with Crippen LogP contribution in [-0.4, -0.2) is 24.6 Å². The van der Waals surface area contributed by atoms with Crippen LogP contribution in [-0.2, 0) is 11.2 Å². The SMILES string of the molecule is N#CN1CCCOC(c2ccccc2)c2sc3ccccc3c2CC1. The molecule has 0 N–H and O–H groups in total. The zero-order chi connectivity index (χ0) is 17.1. The number of nitrogens with zero attached hydrogens (tertiary/aromatic N) is 2. The van der Waals surface area contributed by atoms with Gasteiger partial charge in [0.25, 0.3) is 0 Å². The highest BCUT2D eigenvalue weighted by atomic mass is 32.1. The van der Waals surface area contributed by atoms with Gasteiger partial charge in [0.15, 0.2) is 6.19 Å². The van der Waals surface area contributed by atoms with E-state index in [4.69, 9.17) is 4.74 Å². The Balaban J connectivity index is 1.84. The maximum absolute atomic E-state index is 9.35. The highest BCUT2D eigenvalue weighted by Crippen LogP contribution is 2.40. The zero-order valence-electron chi connectivity index (χ0n) is 14.0. The van der Waals surface area contributed by atoms with E-state index in [0.717, 1.165) is 25.9 Å². The number of hydrogen-bond acceptors (Lipinski definition) is 4. The van der Waals surface area contributed by atoms with Crippen LogP contribution in [0.25, 0.3) is 10.1 Å². The lowest BCUT2D eigenvalue weighted by Crippen LogP contribution is -2.25. The summed E-state index contributed by atoms with van der Waals surface area (Å²) in [6.45, 7) is 2.19. The molecular formula is C21H20N2OS. The molecule has 0 aliphatic carbocycles. The second-order valence-electron chi connectivity index (χ2n) is 6.29. The average Bonchev–Trinajstić information content (AvgIpc) is 3.03. The Kier molecular flexibility index (Phi) is 4.69. The van der Waals surface area contributed by atoms with Gasteiger partial charge in [-0.3, -0.25) is 0 Å². The van der Waals surface area contributed by atoms with Gasteiger partial charge in [0.2, 0.25) is 0 Å². The number of fused-ring (bicyclic) bond motifs is 3.